The van der Waals surface area contributed by atoms with Gasteiger partial charge in [-0.25, -0.2) is 12.8 Å². The van der Waals surface area contributed by atoms with Gasteiger partial charge in [0, 0.05) is 5.69 Å². The fourth-order valence-electron chi connectivity index (χ4n) is 2.24. The average Bonchev–Trinajstić information content (AvgIpc) is 2.61. The molecule has 0 aromatic heterocycles. The van der Waals surface area contributed by atoms with Gasteiger partial charge >= 0.3 is 6.18 Å². The number of carbonyl (C=O) groups excluding carboxylic acids is 1. The monoisotopic (exact) mass is 454 g/mol. The summed E-state index contributed by atoms with van der Waals surface area (Å²) in [5.74, 6) is -2.21. The zero-order valence-corrected chi connectivity index (χ0v) is 16.5. The van der Waals surface area contributed by atoms with Gasteiger partial charge in [-0.1, -0.05) is 11.6 Å². The molecule has 2 rings (SSSR count). The molecule has 0 saturated carbocycles. The molecule has 0 aliphatic carbocycles. The number of halogens is 5. The molecular formula is C17H15ClF4N2O4S. The largest absolute Gasteiger partial charge is 0.495 e. The minimum absolute atomic E-state index is 0.0264. The van der Waals surface area contributed by atoms with Crippen molar-refractivity contribution in [1.29, 1.82) is 0 Å². The Morgan fingerprint density at radius 2 is 1.83 bits per heavy atom. The number of benzene rings is 2. The molecule has 12 heteroatoms. The van der Waals surface area contributed by atoms with Crippen molar-refractivity contribution in [3.63, 3.8) is 0 Å². The highest BCUT2D eigenvalue weighted by Gasteiger charge is 2.34. The third-order valence-corrected chi connectivity index (χ3v) is 5.53. The van der Waals surface area contributed by atoms with Gasteiger partial charge in [-0.2, -0.15) is 17.9 Å². The van der Waals surface area contributed by atoms with Crippen LogP contribution in [0.15, 0.2) is 41.3 Å². The Morgan fingerprint density at radius 3 is 2.38 bits per heavy atom. The summed E-state index contributed by atoms with van der Waals surface area (Å²) in [5.41, 5.74) is -1.90. The Hall–Kier alpha value is -2.37. The number of sulfonamides is 1. The molecular weight excluding hydrogens is 440 g/mol. The first-order chi connectivity index (χ1) is 13.3. The standard InChI is InChI=1S/C17H15ClF4N2O4S/c1-9(24-29(26,27)11-4-6-15(28-2)13(18)8-11)16(25)23-10-3-5-14(19)12(7-10)17(20,21)22/h3-9,24H,1-2H3,(H,23,25)/t9-/m0/s1. The van der Waals surface area contributed by atoms with Crippen molar-refractivity contribution in [1.82, 2.24) is 4.72 Å². The van der Waals surface area contributed by atoms with Crippen LogP contribution >= 0.6 is 11.6 Å². The number of methoxy groups -OCH3 is 1. The third kappa shape index (κ3) is 5.58. The van der Waals surface area contributed by atoms with Gasteiger partial charge < -0.3 is 10.1 Å². The minimum Gasteiger partial charge on any atom is -0.495 e. The normalized spacial score (nSPS) is 13.1. The molecule has 0 bridgehead atoms. The Morgan fingerprint density at radius 1 is 1.17 bits per heavy atom. The summed E-state index contributed by atoms with van der Waals surface area (Å²) >= 11 is 5.89. The van der Waals surface area contributed by atoms with Crippen molar-refractivity contribution in [2.24, 2.45) is 0 Å². The number of ether oxygens (including phenoxy) is 1. The van der Waals surface area contributed by atoms with E-state index in [9.17, 15) is 30.8 Å². The van der Waals surface area contributed by atoms with Crippen LogP contribution < -0.4 is 14.8 Å². The maximum absolute atomic E-state index is 13.3. The van der Waals surface area contributed by atoms with E-state index in [4.69, 9.17) is 16.3 Å². The van der Waals surface area contributed by atoms with Gasteiger partial charge in [0.05, 0.1) is 28.6 Å². The number of alkyl halides is 3. The molecule has 158 valence electrons. The molecule has 0 unspecified atom stereocenters. The molecule has 2 N–H and O–H groups in total. The van der Waals surface area contributed by atoms with Gasteiger partial charge in [0.25, 0.3) is 0 Å². The van der Waals surface area contributed by atoms with Crippen LogP contribution in [0.5, 0.6) is 5.75 Å². The van der Waals surface area contributed by atoms with Crippen LogP contribution in [0.2, 0.25) is 5.02 Å². The van der Waals surface area contributed by atoms with Crippen molar-refractivity contribution in [2.45, 2.75) is 24.0 Å². The van der Waals surface area contributed by atoms with E-state index in [0.717, 1.165) is 12.1 Å². The zero-order valence-electron chi connectivity index (χ0n) is 15.0. The predicted octanol–water partition coefficient (Wildman–Crippen LogP) is 3.81. The van der Waals surface area contributed by atoms with E-state index < -0.39 is 39.5 Å². The number of anilines is 1. The molecule has 0 saturated heterocycles. The fourth-order valence-corrected chi connectivity index (χ4v) is 3.79. The Balaban J connectivity index is 2.16. The molecule has 0 aliphatic rings. The van der Waals surface area contributed by atoms with Crippen LogP contribution in [-0.4, -0.2) is 27.5 Å². The van der Waals surface area contributed by atoms with Crippen LogP contribution in [0.4, 0.5) is 23.2 Å². The maximum atomic E-state index is 13.3. The van der Waals surface area contributed by atoms with Gasteiger partial charge in [0.15, 0.2) is 0 Å². The zero-order chi connectivity index (χ0) is 22.0. The summed E-state index contributed by atoms with van der Waals surface area (Å²) in [5, 5.41) is 2.13. The van der Waals surface area contributed by atoms with E-state index in [2.05, 4.69) is 10.0 Å². The summed E-state index contributed by atoms with van der Waals surface area (Å²) in [6.45, 7) is 1.19. The van der Waals surface area contributed by atoms with E-state index >= 15 is 0 Å². The predicted molar refractivity (Wildman–Crippen MR) is 97.8 cm³/mol. The maximum Gasteiger partial charge on any atom is 0.419 e. The number of hydrogen-bond acceptors (Lipinski definition) is 4. The molecule has 29 heavy (non-hydrogen) atoms. The van der Waals surface area contributed by atoms with Crippen molar-refractivity contribution < 1.29 is 35.5 Å². The van der Waals surface area contributed by atoms with Gasteiger partial charge in [-0.15, -0.1) is 0 Å². The summed E-state index contributed by atoms with van der Waals surface area (Å²) in [4.78, 5) is 11.9. The molecule has 0 heterocycles. The molecule has 2 aromatic carbocycles. The first-order valence-electron chi connectivity index (χ1n) is 7.88. The van der Waals surface area contributed by atoms with Crippen molar-refractivity contribution in [2.75, 3.05) is 12.4 Å². The molecule has 0 spiro atoms. The Bertz CT molecular complexity index is 1030. The highest BCUT2D eigenvalue weighted by molar-refractivity contribution is 7.89. The molecule has 0 fully saturated rings. The van der Waals surface area contributed by atoms with Crippen LogP contribution in [0.25, 0.3) is 0 Å². The van der Waals surface area contributed by atoms with E-state index in [1.807, 2.05) is 0 Å². The van der Waals surface area contributed by atoms with E-state index in [-0.39, 0.29) is 21.4 Å². The van der Waals surface area contributed by atoms with Crippen LogP contribution in [-0.2, 0) is 21.0 Å². The number of rotatable bonds is 6. The van der Waals surface area contributed by atoms with Crippen LogP contribution in [0, 0.1) is 5.82 Å². The Labute approximate surface area is 168 Å². The van der Waals surface area contributed by atoms with Gasteiger partial charge in [-0.3, -0.25) is 4.79 Å². The van der Waals surface area contributed by atoms with Crippen molar-refractivity contribution in [3.8, 4) is 5.75 Å². The lowest BCUT2D eigenvalue weighted by Crippen LogP contribution is -2.41. The average molecular weight is 455 g/mol. The molecule has 1 amide bonds. The number of nitrogens with one attached hydrogen (secondary N) is 2. The smallest absolute Gasteiger partial charge is 0.419 e. The first-order valence-corrected chi connectivity index (χ1v) is 9.74. The fraction of sp³-hybridized carbons (Fsp3) is 0.235. The quantitative estimate of drug-likeness (QED) is 0.650. The summed E-state index contributed by atoms with van der Waals surface area (Å²) in [6, 6.07) is 4.16. The molecule has 1 atom stereocenters. The first kappa shape index (κ1) is 22.9. The van der Waals surface area contributed by atoms with Crippen LogP contribution in [0.3, 0.4) is 0 Å². The molecule has 2 aromatic rings. The van der Waals surface area contributed by atoms with E-state index in [1.165, 1.54) is 26.2 Å². The molecule has 0 radical (unpaired) electrons. The van der Waals surface area contributed by atoms with E-state index in [0.29, 0.717) is 12.1 Å². The molecule has 6 nitrogen and oxygen atoms in total. The summed E-state index contributed by atoms with van der Waals surface area (Å²) < 4.78 is 83.4. The van der Waals surface area contributed by atoms with Gasteiger partial charge in [0.2, 0.25) is 15.9 Å². The number of hydrogen-bond donors (Lipinski definition) is 2. The van der Waals surface area contributed by atoms with Crippen LogP contribution in [0.1, 0.15) is 12.5 Å². The summed E-state index contributed by atoms with van der Waals surface area (Å²) in [7, 11) is -2.83. The second-order valence-corrected chi connectivity index (χ2v) is 7.94. The Kier molecular flexibility index (Phi) is 6.76. The lowest BCUT2D eigenvalue weighted by molar-refractivity contribution is -0.140. The van der Waals surface area contributed by atoms with Gasteiger partial charge in [0.1, 0.15) is 11.6 Å². The highest BCUT2D eigenvalue weighted by Crippen LogP contribution is 2.33. The topological polar surface area (TPSA) is 84.5 Å². The summed E-state index contributed by atoms with van der Waals surface area (Å²) in [6.07, 6.45) is -4.95. The SMILES string of the molecule is COc1ccc(S(=O)(=O)N[C@@H](C)C(=O)Nc2ccc(F)c(C(F)(F)F)c2)cc1Cl. The lowest BCUT2D eigenvalue weighted by atomic mass is 10.1. The second kappa shape index (κ2) is 8.56. The van der Waals surface area contributed by atoms with Gasteiger partial charge in [-0.05, 0) is 43.3 Å². The van der Waals surface area contributed by atoms with E-state index in [1.54, 1.807) is 0 Å². The minimum atomic E-state index is -4.95. The van der Waals surface area contributed by atoms with Crippen molar-refractivity contribution >= 4 is 33.2 Å². The molecule has 0 aliphatic heterocycles. The number of carbonyl (C=O) groups is 1. The number of amides is 1. The highest BCUT2D eigenvalue weighted by atomic mass is 35.5. The lowest BCUT2D eigenvalue weighted by Gasteiger charge is -2.16. The second-order valence-electron chi connectivity index (χ2n) is 5.82. The van der Waals surface area contributed by atoms with Crippen molar-refractivity contribution in [3.05, 3.63) is 52.8 Å². The third-order valence-electron chi connectivity index (χ3n) is 3.70.